The maximum absolute atomic E-state index is 5.24. The van der Waals surface area contributed by atoms with Gasteiger partial charge in [0.05, 0.1) is 7.11 Å². The van der Waals surface area contributed by atoms with E-state index in [0.717, 1.165) is 24.2 Å². The van der Waals surface area contributed by atoms with E-state index in [1.54, 1.807) is 7.11 Å². The third-order valence-corrected chi connectivity index (χ3v) is 2.51. The minimum absolute atomic E-state index is 0.230. The fraction of sp³-hybridized carbons (Fsp3) is 0.364. The van der Waals surface area contributed by atoms with E-state index < -0.39 is 0 Å². The van der Waals surface area contributed by atoms with E-state index in [9.17, 15) is 0 Å². The van der Waals surface area contributed by atoms with Crippen LogP contribution < -0.4 is 4.74 Å². The fourth-order valence-corrected chi connectivity index (χ4v) is 1.69. The predicted octanol–water partition coefficient (Wildman–Crippen LogP) is 3.28. The van der Waals surface area contributed by atoms with E-state index in [-0.39, 0.29) is 5.25 Å². The normalized spacial score (nSPS) is 12.5. The molecule has 0 N–H and O–H groups in total. The molecular formula is C11H15OS. The number of rotatable bonds is 4. The minimum Gasteiger partial charge on any atom is -0.496 e. The number of hydrogen-bond donors (Lipinski definition) is 1. The van der Waals surface area contributed by atoms with Crippen LogP contribution in [0.1, 0.15) is 23.7 Å². The van der Waals surface area contributed by atoms with Crippen molar-refractivity contribution in [2.45, 2.75) is 18.1 Å². The molecule has 0 saturated carbocycles. The minimum atomic E-state index is 0.230. The zero-order valence-electron chi connectivity index (χ0n) is 7.86. The van der Waals surface area contributed by atoms with Crippen LogP contribution in [0, 0.1) is 6.92 Å². The lowest BCUT2D eigenvalue weighted by Crippen LogP contribution is -1.94. The molecule has 1 radical (unpaired) electrons. The maximum Gasteiger partial charge on any atom is 0.123 e. The highest BCUT2D eigenvalue weighted by molar-refractivity contribution is 7.80. The Bertz CT molecular complexity index is 260. The molecule has 0 saturated heterocycles. The molecule has 1 unspecified atom stereocenters. The van der Waals surface area contributed by atoms with E-state index in [1.165, 1.54) is 0 Å². The van der Waals surface area contributed by atoms with Gasteiger partial charge in [0.2, 0.25) is 0 Å². The molecule has 0 fully saturated rings. The van der Waals surface area contributed by atoms with Gasteiger partial charge in [0.1, 0.15) is 5.75 Å². The molecule has 1 atom stereocenters. The molecule has 0 aliphatic rings. The summed E-state index contributed by atoms with van der Waals surface area (Å²) in [6.45, 7) is 3.82. The van der Waals surface area contributed by atoms with Gasteiger partial charge < -0.3 is 4.74 Å². The second-order valence-corrected chi connectivity index (χ2v) is 3.52. The van der Waals surface area contributed by atoms with Crippen molar-refractivity contribution in [1.82, 2.24) is 0 Å². The first-order chi connectivity index (χ1) is 6.29. The molecule has 71 valence electrons. The van der Waals surface area contributed by atoms with E-state index in [4.69, 9.17) is 4.74 Å². The Morgan fingerprint density at radius 2 is 2.15 bits per heavy atom. The summed E-state index contributed by atoms with van der Waals surface area (Å²) in [5, 5.41) is 0.230. The summed E-state index contributed by atoms with van der Waals surface area (Å²) in [4.78, 5) is 0. The molecule has 1 aromatic rings. The first kappa shape index (κ1) is 10.5. The Kier molecular flexibility index (Phi) is 4.16. The number of para-hydroxylation sites is 1. The van der Waals surface area contributed by atoms with Gasteiger partial charge in [-0.3, -0.25) is 0 Å². The molecule has 13 heavy (non-hydrogen) atoms. The van der Waals surface area contributed by atoms with Crippen molar-refractivity contribution < 1.29 is 4.74 Å². The predicted molar refractivity (Wildman–Crippen MR) is 59.3 cm³/mol. The molecular weight excluding hydrogens is 180 g/mol. The van der Waals surface area contributed by atoms with Crippen molar-refractivity contribution in [3.05, 3.63) is 36.8 Å². The molecule has 0 amide bonds. The molecule has 1 nitrogen and oxygen atoms in total. The smallest absolute Gasteiger partial charge is 0.123 e. The van der Waals surface area contributed by atoms with E-state index in [2.05, 4.69) is 19.6 Å². The highest BCUT2D eigenvalue weighted by atomic mass is 32.1. The van der Waals surface area contributed by atoms with Gasteiger partial charge >= 0.3 is 0 Å². The quantitative estimate of drug-likeness (QED) is 0.725. The summed E-state index contributed by atoms with van der Waals surface area (Å²) in [7, 11) is 1.68. The Morgan fingerprint density at radius 3 is 2.77 bits per heavy atom. The average molecular weight is 195 g/mol. The van der Waals surface area contributed by atoms with Gasteiger partial charge in [-0.15, -0.1) is 0 Å². The summed E-state index contributed by atoms with van der Waals surface area (Å²) in [6.07, 6.45) is 1.87. The van der Waals surface area contributed by atoms with Crippen LogP contribution in [0.15, 0.2) is 24.3 Å². The lowest BCUT2D eigenvalue weighted by Gasteiger charge is -2.13. The number of benzene rings is 1. The van der Waals surface area contributed by atoms with Crippen LogP contribution in [0.2, 0.25) is 0 Å². The van der Waals surface area contributed by atoms with Crippen molar-refractivity contribution in [3.63, 3.8) is 0 Å². The molecule has 0 aliphatic carbocycles. The van der Waals surface area contributed by atoms with Crippen LogP contribution in [0.5, 0.6) is 5.75 Å². The molecule has 0 aliphatic heterocycles. The Morgan fingerprint density at radius 1 is 1.46 bits per heavy atom. The lowest BCUT2D eigenvalue weighted by molar-refractivity contribution is 0.409. The first-order valence-corrected chi connectivity index (χ1v) is 4.91. The van der Waals surface area contributed by atoms with Crippen molar-refractivity contribution in [2.75, 3.05) is 7.11 Å². The zero-order valence-corrected chi connectivity index (χ0v) is 8.76. The van der Waals surface area contributed by atoms with Gasteiger partial charge in [-0.2, -0.15) is 12.6 Å². The first-order valence-electron chi connectivity index (χ1n) is 4.39. The second-order valence-electron chi connectivity index (χ2n) is 2.90. The monoisotopic (exact) mass is 195 g/mol. The number of ether oxygens (including phenoxy) is 1. The van der Waals surface area contributed by atoms with E-state index in [0.29, 0.717) is 0 Å². The van der Waals surface area contributed by atoms with Gasteiger partial charge in [-0.05, 0) is 12.5 Å². The highest BCUT2D eigenvalue weighted by Gasteiger charge is 2.09. The largest absolute Gasteiger partial charge is 0.496 e. The van der Waals surface area contributed by atoms with Crippen LogP contribution in [-0.4, -0.2) is 7.11 Å². The number of hydrogen-bond acceptors (Lipinski definition) is 2. The lowest BCUT2D eigenvalue weighted by atomic mass is 10.1. The van der Waals surface area contributed by atoms with Gasteiger partial charge in [0.15, 0.2) is 0 Å². The van der Waals surface area contributed by atoms with Crippen LogP contribution in [0.25, 0.3) is 0 Å². The molecule has 0 bridgehead atoms. The highest BCUT2D eigenvalue weighted by Crippen LogP contribution is 2.31. The SMILES string of the molecule is [CH2]CCC(S)c1ccccc1OC. The fourth-order valence-electron chi connectivity index (χ4n) is 1.29. The summed E-state index contributed by atoms with van der Waals surface area (Å²) in [5.74, 6) is 0.913. The molecule has 0 spiro atoms. The standard InChI is InChI=1S/C11H15OS/c1-3-6-11(13)9-7-4-5-8-10(9)12-2/h4-5,7-8,11,13H,1,3,6H2,2H3. The van der Waals surface area contributed by atoms with Gasteiger partial charge in [-0.25, -0.2) is 0 Å². The summed E-state index contributed by atoms with van der Waals surface area (Å²) in [5.41, 5.74) is 1.15. The van der Waals surface area contributed by atoms with Crippen molar-refractivity contribution in [3.8, 4) is 5.75 Å². The number of thiol groups is 1. The van der Waals surface area contributed by atoms with Crippen LogP contribution in [0.4, 0.5) is 0 Å². The molecule has 0 aromatic heterocycles. The van der Waals surface area contributed by atoms with Crippen LogP contribution in [-0.2, 0) is 0 Å². The van der Waals surface area contributed by atoms with Crippen molar-refractivity contribution in [1.29, 1.82) is 0 Å². The topological polar surface area (TPSA) is 9.23 Å². The van der Waals surface area contributed by atoms with Gasteiger partial charge in [0.25, 0.3) is 0 Å². The van der Waals surface area contributed by atoms with E-state index >= 15 is 0 Å². The average Bonchev–Trinajstić information content (AvgIpc) is 2.18. The molecule has 0 heterocycles. The van der Waals surface area contributed by atoms with Crippen molar-refractivity contribution in [2.24, 2.45) is 0 Å². The van der Waals surface area contributed by atoms with Crippen LogP contribution >= 0.6 is 12.6 Å². The maximum atomic E-state index is 5.24. The Balaban J connectivity index is 2.85. The van der Waals surface area contributed by atoms with Crippen LogP contribution in [0.3, 0.4) is 0 Å². The zero-order chi connectivity index (χ0) is 9.68. The van der Waals surface area contributed by atoms with Crippen molar-refractivity contribution >= 4 is 12.6 Å². The summed E-state index contributed by atoms with van der Waals surface area (Å²) in [6, 6.07) is 7.98. The third-order valence-electron chi connectivity index (χ3n) is 1.98. The molecule has 1 rings (SSSR count). The summed E-state index contributed by atoms with van der Waals surface area (Å²) >= 11 is 4.50. The molecule has 2 heteroatoms. The summed E-state index contributed by atoms with van der Waals surface area (Å²) < 4.78 is 5.24. The van der Waals surface area contributed by atoms with Gasteiger partial charge in [0, 0.05) is 10.8 Å². The molecule has 1 aromatic carbocycles. The van der Waals surface area contributed by atoms with E-state index in [1.807, 2.05) is 24.3 Å². The Labute approximate surface area is 85.5 Å². The van der Waals surface area contributed by atoms with Gasteiger partial charge in [-0.1, -0.05) is 31.5 Å². The Hall–Kier alpha value is -0.630. The third kappa shape index (κ3) is 2.66. The second kappa shape index (κ2) is 5.18. The number of methoxy groups -OCH3 is 1.